The van der Waals surface area contributed by atoms with E-state index in [1.165, 1.54) is 5.56 Å². The fraction of sp³-hybridized carbons (Fsp3) is 0.190. The summed E-state index contributed by atoms with van der Waals surface area (Å²) >= 11 is 0. The van der Waals surface area contributed by atoms with Gasteiger partial charge >= 0.3 is 0 Å². The zero-order valence-electron chi connectivity index (χ0n) is 14.9. The normalized spacial score (nSPS) is 10.5. The number of anilines is 2. The topological polar surface area (TPSA) is 37.3 Å². The minimum Gasteiger partial charge on any atom is -0.369 e. The lowest BCUT2D eigenvalue weighted by Crippen LogP contribution is -2.21. The van der Waals surface area contributed by atoms with Crippen LogP contribution in [0.15, 0.2) is 66.7 Å². The molecule has 0 saturated heterocycles. The third-order valence-electron chi connectivity index (χ3n) is 4.43. The van der Waals surface area contributed by atoms with Crippen molar-refractivity contribution in [3.05, 3.63) is 83.7 Å². The van der Waals surface area contributed by atoms with Gasteiger partial charge in [0.25, 0.3) is 5.91 Å². The second-order valence-electron chi connectivity index (χ2n) is 6.23. The van der Waals surface area contributed by atoms with Crippen molar-refractivity contribution in [2.75, 3.05) is 17.3 Å². The lowest BCUT2D eigenvalue weighted by molar-refractivity contribution is 0.101. The number of aryl methyl sites for hydroxylation is 1. The first-order chi connectivity index (χ1) is 12.1. The molecule has 0 radical (unpaired) electrons. The van der Waals surface area contributed by atoms with E-state index in [0.29, 0.717) is 5.69 Å². The number of hydrogen-bond acceptors (Lipinski definition) is 2. The van der Waals surface area contributed by atoms with E-state index in [9.17, 15) is 4.79 Å². The van der Waals surface area contributed by atoms with Crippen molar-refractivity contribution in [3.63, 3.8) is 0 Å². The fourth-order valence-corrected chi connectivity index (χ4v) is 2.88. The minimum atomic E-state index is -0.101. The molecule has 2 aromatic carbocycles. The second kappa shape index (κ2) is 7.26. The molecular weight excluding hydrogens is 310 g/mol. The van der Waals surface area contributed by atoms with Crippen molar-refractivity contribution in [2.45, 2.75) is 13.5 Å². The smallest absolute Gasteiger partial charge is 0.272 e. The van der Waals surface area contributed by atoms with Crippen LogP contribution in [-0.2, 0) is 13.6 Å². The molecule has 1 aromatic heterocycles. The minimum absolute atomic E-state index is 0.101. The molecule has 4 heteroatoms. The summed E-state index contributed by atoms with van der Waals surface area (Å²) in [5.74, 6) is -0.101. The van der Waals surface area contributed by atoms with E-state index in [-0.39, 0.29) is 5.91 Å². The largest absolute Gasteiger partial charge is 0.369 e. The zero-order chi connectivity index (χ0) is 17.8. The Balaban J connectivity index is 1.81. The molecule has 0 spiro atoms. The second-order valence-corrected chi connectivity index (χ2v) is 6.23. The van der Waals surface area contributed by atoms with Crippen LogP contribution in [0.2, 0.25) is 0 Å². The standard InChI is InChI=1S/C21H23N3O/c1-16-13-14-20(24(16)3)21(25)22-18-11-7-8-12-19(18)23(2)15-17-9-5-4-6-10-17/h4-14H,15H2,1-3H3,(H,22,25). The molecule has 0 aliphatic heterocycles. The van der Waals surface area contributed by atoms with Crippen molar-refractivity contribution >= 4 is 17.3 Å². The highest BCUT2D eigenvalue weighted by molar-refractivity contribution is 6.05. The zero-order valence-corrected chi connectivity index (χ0v) is 14.9. The Morgan fingerprint density at radius 1 is 1.00 bits per heavy atom. The first kappa shape index (κ1) is 16.8. The van der Waals surface area contributed by atoms with Crippen LogP contribution in [0.1, 0.15) is 21.7 Å². The van der Waals surface area contributed by atoms with Gasteiger partial charge in [0.05, 0.1) is 11.4 Å². The molecule has 3 aromatic rings. The van der Waals surface area contributed by atoms with Gasteiger partial charge in [-0.2, -0.15) is 0 Å². The van der Waals surface area contributed by atoms with Crippen LogP contribution < -0.4 is 10.2 Å². The van der Waals surface area contributed by atoms with Gasteiger partial charge in [-0.15, -0.1) is 0 Å². The summed E-state index contributed by atoms with van der Waals surface area (Å²) < 4.78 is 1.89. The van der Waals surface area contributed by atoms with Gasteiger partial charge in [0.15, 0.2) is 0 Å². The van der Waals surface area contributed by atoms with E-state index >= 15 is 0 Å². The highest BCUT2D eigenvalue weighted by atomic mass is 16.1. The van der Waals surface area contributed by atoms with Crippen LogP contribution >= 0.6 is 0 Å². The first-order valence-corrected chi connectivity index (χ1v) is 8.34. The Morgan fingerprint density at radius 2 is 1.68 bits per heavy atom. The molecule has 0 aliphatic rings. The predicted molar refractivity (Wildman–Crippen MR) is 103 cm³/mol. The number of para-hydroxylation sites is 2. The third-order valence-corrected chi connectivity index (χ3v) is 4.43. The molecule has 128 valence electrons. The van der Waals surface area contributed by atoms with Crippen LogP contribution in [0, 0.1) is 6.92 Å². The van der Waals surface area contributed by atoms with Gasteiger partial charge in [-0.05, 0) is 36.8 Å². The Labute approximate surface area is 148 Å². The van der Waals surface area contributed by atoms with E-state index in [1.54, 1.807) is 0 Å². The summed E-state index contributed by atoms with van der Waals surface area (Å²) in [5, 5.41) is 3.05. The van der Waals surface area contributed by atoms with Gasteiger partial charge in [0.1, 0.15) is 5.69 Å². The lowest BCUT2D eigenvalue weighted by atomic mass is 10.2. The van der Waals surface area contributed by atoms with Crippen LogP contribution in [0.5, 0.6) is 0 Å². The van der Waals surface area contributed by atoms with Gasteiger partial charge < -0.3 is 14.8 Å². The maximum atomic E-state index is 12.6. The quantitative estimate of drug-likeness (QED) is 0.759. The van der Waals surface area contributed by atoms with Crippen molar-refractivity contribution in [2.24, 2.45) is 7.05 Å². The summed E-state index contributed by atoms with van der Waals surface area (Å²) in [6.45, 7) is 2.76. The molecule has 0 unspecified atom stereocenters. The Bertz CT molecular complexity index is 868. The Morgan fingerprint density at radius 3 is 2.36 bits per heavy atom. The predicted octanol–water partition coefficient (Wildman–Crippen LogP) is 4.22. The number of amides is 1. The molecule has 0 bridgehead atoms. The first-order valence-electron chi connectivity index (χ1n) is 8.34. The monoisotopic (exact) mass is 333 g/mol. The van der Waals surface area contributed by atoms with Gasteiger partial charge in [0, 0.05) is 26.3 Å². The molecular formula is C21H23N3O. The number of benzene rings is 2. The van der Waals surface area contributed by atoms with Crippen molar-refractivity contribution in [1.82, 2.24) is 4.57 Å². The number of nitrogens with one attached hydrogen (secondary N) is 1. The van der Waals surface area contributed by atoms with Crippen LogP contribution in [0.25, 0.3) is 0 Å². The van der Waals surface area contributed by atoms with E-state index in [1.807, 2.05) is 80.2 Å². The summed E-state index contributed by atoms with van der Waals surface area (Å²) in [6.07, 6.45) is 0. The Kier molecular flexibility index (Phi) is 4.89. The van der Waals surface area contributed by atoms with Crippen LogP contribution in [-0.4, -0.2) is 17.5 Å². The molecule has 4 nitrogen and oxygen atoms in total. The lowest BCUT2D eigenvalue weighted by Gasteiger charge is -2.23. The van der Waals surface area contributed by atoms with Crippen molar-refractivity contribution in [1.29, 1.82) is 0 Å². The van der Waals surface area contributed by atoms with Crippen molar-refractivity contribution < 1.29 is 4.79 Å². The molecule has 1 amide bonds. The summed E-state index contributed by atoms with van der Waals surface area (Å²) in [4.78, 5) is 14.8. The highest BCUT2D eigenvalue weighted by Crippen LogP contribution is 2.26. The highest BCUT2D eigenvalue weighted by Gasteiger charge is 2.14. The maximum Gasteiger partial charge on any atom is 0.272 e. The number of aromatic nitrogens is 1. The molecule has 0 atom stereocenters. The number of nitrogens with zero attached hydrogens (tertiary/aromatic N) is 2. The molecule has 25 heavy (non-hydrogen) atoms. The van der Waals surface area contributed by atoms with Crippen LogP contribution in [0.4, 0.5) is 11.4 Å². The van der Waals surface area contributed by atoms with Crippen LogP contribution in [0.3, 0.4) is 0 Å². The SMILES string of the molecule is Cc1ccc(C(=O)Nc2ccccc2N(C)Cc2ccccc2)n1C. The van der Waals surface area contributed by atoms with E-state index in [2.05, 4.69) is 22.3 Å². The number of rotatable bonds is 5. The summed E-state index contributed by atoms with van der Waals surface area (Å²) in [5.41, 5.74) is 4.73. The summed E-state index contributed by atoms with van der Waals surface area (Å²) in [6, 6.07) is 22.0. The molecule has 0 fully saturated rings. The molecule has 1 heterocycles. The van der Waals surface area contributed by atoms with Gasteiger partial charge in [-0.1, -0.05) is 42.5 Å². The van der Waals surface area contributed by atoms with E-state index in [4.69, 9.17) is 0 Å². The molecule has 3 rings (SSSR count). The summed E-state index contributed by atoms with van der Waals surface area (Å²) in [7, 11) is 3.93. The molecule has 0 saturated carbocycles. The third kappa shape index (κ3) is 3.74. The number of carbonyl (C=O) groups is 1. The van der Waals surface area contributed by atoms with E-state index < -0.39 is 0 Å². The number of hydrogen-bond donors (Lipinski definition) is 1. The maximum absolute atomic E-state index is 12.6. The average Bonchev–Trinajstić information content (AvgIpc) is 2.95. The molecule has 1 N–H and O–H groups in total. The van der Waals surface area contributed by atoms with Gasteiger partial charge in [-0.3, -0.25) is 4.79 Å². The van der Waals surface area contributed by atoms with Gasteiger partial charge in [0.2, 0.25) is 0 Å². The average molecular weight is 333 g/mol. The van der Waals surface area contributed by atoms with E-state index in [0.717, 1.165) is 23.6 Å². The number of carbonyl (C=O) groups excluding carboxylic acids is 1. The van der Waals surface area contributed by atoms with Gasteiger partial charge in [-0.25, -0.2) is 0 Å². The van der Waals surface area contributed by atoms with Crippen molar-refractivity contribution in [3.8, 4) is 0 Å². The Hall–Kier alpha value is -3.01. The fourth-order valence-electron chi connectivity index (χ4n) is 2.88. The molecule has 0 aliphatic carbocycles.